The number of Topliss-reactive ketones (excluding diaryl/α,β-unsaturated/α-hetero) is 2. The monoisotopic (exact) mass is 512 g/mol. The van der Waals surface area contributed by atoms with Crippen LogP contribution in [0.4, 0.5) is 0 Å². The second-order valence-electron chi connectivity index (χ2n) is 9.61. The van der Waals surface area contributed by atoms with E-state index in [9.17, 15) is 19.5 Å². The van der Waals surface area contributed by atoms with Crippen LogP contribution in [0.3, 0.4) is 0 Å². The number of rotatable bonds is 9. The lowest BCUT2D eigenvalue weighted by molar-refractivity contribution is -0.165. The van der Waals surface area contributed by atoms with Crippen molar-refractivity contribution in [1.29, 1.82) is 0 Å². The zero-order valence-corrected chi connectivity index (χ0v) is 22.2. The zero-order chi connectivity index (χ0) is 26.6. The molecule has 6 nitrogen and oxygen atoms in total. The molecule has 1 unspecified atom stereocenters. The van der Waals surface area contributed by atoms with Crippen molar-refractivity contribution in [2.24, 2.45) is 5.92 Å². The number of ketones is 2. The van der Waals surface area contributed by atoms with E-state index in [0.29, 0.717) is 11.1 Å². The Morgan fingerprint density at radius 1 is 1.22 bits per heavy atom. The Kier molecular flexibility index (Phi) is 8.62. The van der Waals surface area contributed by atoms with E-state index in [1.54, 1.807) is 26.0 Å². The van der Waals surface area contributed by atoms with Crippen LogP contribution in [-0.2, 0) is 23.9 Å². The van der Waals surface area contributed by atoms with Crippen LogP contribution in [0.15, 0.2) is 58.4 Å². The molecule has 0 bridgehead atoms. The van der Waals surface area contributed by atoms with E-state index < -0.39 is 23.1 Å². The molecule has 7 heteroatoms. The van der Waals surface area contributed by atoms with Gasteiger partial charge in [-0.05, 0) is 50.8 Å². The van der Waals surface area contributed by atoms with Crippen LogP contribution < -0.4 is 0 Å². The van der Waals surface area contributed by atoms with E-state index in [1.807, 2.05) is 13.0 Å². The van der Waals surface area contributed by atoms with Gasteiger partial charge in [-0.2, -0.15) is 0 Å². The summed E-state index contributed by atoms with van der Waals surface area (Å²) < 4.78 is 11.2. The smallest absolute Gasteiger partial charge is 0.334 e. The van der Waals surface area contributed by atoms with E-state index in [4.69, 9.17) is 21.1 Å². The van der Waals surface area contributed by atoms with Gasteiger partial charge in [0.25, 0.3) is 0 Å². The molecule has 0 aromatic heterocycles. The van der Waals surface area contributed by atoms with Crippen molar-refractivity contribution in [3.8, 4) is 5.75 Å². The maximum Gasteiger partial charge on any atom is 0.334 e. The van der Waals surface area contributed by atoms with Gasteiger partial charge in [0.05, 0.1) is 16.2 Å². The summed E-state index contributed by atoms with van der Waals surface area (Å²) in [6.45, 7) is 8.84. The molecule has 1 N–H and O–H groups in total. The quantitative estimate of drug-likeness (QED) is 0.177. The maximum absolute atomic E-state index is 13.4. The van der Waals surface area contributed by atoms with Gasteiger partial charge in [0.15, 0.2) is 0 Å². The fraction of sp³-hybridized carbons (Fsp3) is 0.414. The Bertz CT molecular complexity index is 1180. The first kappa shape index (κ1) is 27.5. The summed E-state index contributed by atoms with van der Waals surface area (Å²) in [5, 5.41) is 10.1. The lowest BCUT2D eigenvalue weighted by atomic mass is 9.79. The first-order valence-electron chi connectivity index (χ1n) is 12.3. The third-order valence-corrected chi connectivity index (χ3v) is 6.96. The standard InChI is InChI=1S/C29H33ClO6/c1-6-7-8-9-11-17(2)14-19(4)28(34)36-29(5)26(32)21-16-35-23(15-20(21)25(30)27(29)33)24-18(3)12-10-13-22(24)31/h10,12-17,31H,6-9,11H2,1-5H3/b19-14+/t17?,29-/m0/s1. The third kappa shape index (κ3) is 5.49. The number of hydrogen-bond donors (Lipinski definition) is 1. The van der Waals surface area contributed by atoms with Gasteiger partial charge in [-0.3, -0.25) is 9.59 Å². The van der Waals surface area contributed by atoms with Crippen molar-refractivity contribution in [3.63, 3.8) is 0 Å². The molecule has 1 aromatic rings. The maximum atomic E-state index is 13.4. The second-order valence-corrected chi connectivity index (χ2v) is 9.99. The highest BCUT2D eigenvalue weighted by Gasteiger charge is 2.53. The number of halogens is 1. The number of ether oxygens (including phenoxy) is 2. The van der Waals surface area contributed by atoms with Crippen LogP contribution in [-0.4, -0.2) is 28.2 Å². The predicted molar refractivity (Wildman–Crippen MR) is 139 cm³/mol. The minimum atomic E-state index is -2.11. The molecule has 192 valence electrons. The molecule has 0 radical (unpaired) electrons. The SMILES string of the molecule is CCCCCCC(C)/C=C(\C)C(=O)O[C@@]1(C)C(=O)C2=COC(c3c(C)cccc3O)=CC2=C(Cl)C1=O. The number of phenolic OH excluding ortho intramolecular Hbond substituents is 1. The number of aromatic hydroxyl groups is 1. The van der Waals surface area contributed by atoms with Gasteiger partial charge in [0.1, 0.15) is 17.8 Å². The molecule has 0 saturated heterocycles. The van der Waals surface area contributed by atoms with E-state index in [-0.39, 0.29) is 33.6 Å². The lowest BCUT2D eigenvalue weighted by Crippen LogP contribution is -2.51. The number of unbranched alkanes of at least 4 members (excludes halogenated alkanes) is 3. The predicted octanol–water partition coefficient (Wildman–Crippen LogP) is 6.46. The normalized spacial score (nSPS) is 20.9. The molecule has 2 aliphatic rings. The number of allylic oxidation sites excluding steroid dienone is 3. The Morgan fingerprint density at radius 3 is 2.61 bits per heavy atom. The molecular weight excluding hydrogens is 480 g/mol. The minimum Gasteiger partial charge on any atom is -0.507 e. The van der Waals surface area contributed by atoms with E-state index >= 15 is 0 Å². The van der Waals surface area contributed by atoms with Crippen LogP contribution in [0.25, 0.3) is 5.76 Å². The van der Waals surface area contributed by atoms with Gasteiger partial charge in [-0.15, -0.1) is 0 Å². The lowest BCUT2D eigenvalue weighted by Gasteiger charge is -2.33. The summed E-state index contributed by atoms with van der Waals surface area (Å²) in [6, 6.07) is 5.00. The zero-order valence-electron chi connectivity index (χ0n) is 21.4. The van der Waals surface area contributed by atoms with E-state index in [2.05, 4.69) is 6.92 Å². The minimum absolute atomic E-state index is 0.0103. The number of carbonyl (C=O) groups excluding carboxylic acids is 3. The highest BCUT2D eigenvalue weighted by Crippen LogP contribution is 2.42. The van der Waals surface area contributed by atoms with Crippen molar-refractivity contribution >= 4 is 34.9 Å². The first-order chi connectivity index (χ1) is 17.0. The fourth-order valence-corrected chi connectivity index (χ4v) is 4.75. The fourth-order valence-electron chi connectivity index (χ4n) is 4.41. The molecule has 0 saturated carbocycles. The Labute approximate surface area is 217 Å². The van der Waals surface area contributed by atoms with Crippen LogP contribution in [0, 0.1) is 12.8 Å². The van der Waals surface area contributed by atoms with Crippen molar-refractivity contribution in [3.05, 3.63) is 69.5 Å². The molecule has 36 heavy (non-hydrogen) atoms. The molecular formula is C29H33ClO6. The second kappa shape index (κ2) is 11.3. The van der Waals surface area contributed by atoms with E-state index in [0.717, 1.165) is 31.2 Å². The third-order valence-electron chi connectivity index (χ3n) is 6.58. The summed E-state index contributed by atoms with van der Waals surface area (Å²) in [6.07, 6.45) is 9.92. The summed E-state index contributed by atoms with van der Waals surface area (Å²) in [4.78, 5) is 39.4. The topological polar surface area (TPSA) is 89.9 Å². The molecule has 1 aromatic carbocycles. The van der Waals surface area contributed by atoms with Crippen LogP contribution in [0.5, 0.6) is 5.75 Å². The largest absolute Gasteiger partial charge is 0.507 e. The van der Waals surface area contributed by atoms with Crippen molar-refractivity contribution in [2.75, 3.05) is 0 Å². The van der Waals surface area contributed by atoms with Gasteiger partial charge in [-0.1, -0.05) is 69.3 Å². The molecule has 3 rings (SSSR count). The average molecular weight is 513 g/mol. The Balaban J connectivity index is 1.84. The number of aryl methyl sites for hydroxylation is 1. The van der Waals surface area contributed by atoms with Crippen LogP contribution >= 0.6 is 11.6 Å². The molecule has 1 aliphatic carbocycles. The number of benzene rings is 1. The van der Waals surface area contributed by atoms with Crippen LogP contribution in [0.1, 0.15) is 70.9 Å². The van der Waals surface area contributed by atoms with Crippen molar-refractivity contribution in [2.45, 2.75) is 72.3 Å². The van der Waals surface area contributed by atoms with Gasteiger partial charge >= 0.3 is 5.97 Å². The van der Waals surface area contributed by atoms with Gasteiger partial charge in [0, 0.05) is 11.1 Å². The number of hydrogen-bond acceptors (Lipinski definition) is 6. The van der Waals surface area contributed by atoms with Crippen molar-refractivity contribution in [1.82, 2.24) is 0 Å². The molecule has 0 amide bonds. The Morgan fingerprint density at radius 2 is 1.94 bits per heavy atom. The van der Waals surface area contributed by atoms with Gasteiger partial charge in [0.2, 0.25) is 17.2 Å². The average Bonchev–Trinajstić information content (AvgIpc) is 2.84. The Hall–Kier alpha value is -3.12. The van der Waals surface area contributed by atoms with Gasteiger partial charge < -0.3 is 14.6 Å². The molecule has 1 heterocycles. The number of phenols is 1. The molecule has 1 aliphatic heterocycles. The number of esters is 1. The van der Waals surface area contributed by atoms with Crippen LogP contribution in [0.2, 0.25) is 0 Å². The summed E-state index contributed by atoms with van der Waals surface area (Å²) in [7, 11) is 0. The van der Waals surface area contributed by atoms with Gasteiger partial charge in [-0.25, -0.2) is 4.79 Å². The molecule has 0 fully saturated rings. The number of fused-ring (bicyclic) bond motifs is 1. The highest BCUT2D eigenvalue weighted by atomic mass is 35.5. The molecule has 2 atom stereocenters. The highest BCUT2D eigenvalue weighted by molar-refractivity contribution is 6.49. The molecule has 0 spiro atoms. The summed E-state index contributed by atoms with van der Waals surface area (Å²) in [5.74, 6) is -1.87. The first-order valence-corrected chi connectivity index (χ1v) is 12.7. The van der Waals surface area contributed by atoms with Crippen molar-refractivity contribution < 1.29 is 29.0 Å². The summed E-state index contributed by atoms with van der Waals surface area (Å²) >= 11 is 6.42. The number of carbonyl (C=O) groups is 3. The van der Waals surface area contributed by atoms with E-state index in [1.165, 1.54) is 31.7 Å². The summed E-state index contributed by atoms with van der Waals surface area (Å²) in [5.41, 5.74) is -0.424.